The molecule has 0 aliphatic heterocycles. The Labute approximate surface area is 121 Å². The lowest BCUT2D eigenvalue weighted by molar-refractivity contribution is -0.140. The first-order valence-electron chi connectivity index (χ1n) is 7.60. The predicted octanol–water partition coefficient (Wildman–Crippen LogP) is 1.82. The highest BCUT2D eigenvalue weighted by Gasteiger charge is 2.22. The van der Waals surface area contributed by atoms with Crippen LogP contribution < -0.4 is 0 Å². The van der Waals surface area contributed by atoms with E-state index < -0.39 is 5.97 Å². The highest BCUT2D eigenvalue weighted by Crippen LogP contribution is 2.24. The molecule has 0 spiro atoms. The second-order valence-corrected chi connectivity index (χ2v) is 6.17. The van der Waals surface area contributed by atoms with Crippen LogP contribution in [0.3, 0.4) is 0 Å². The second-order valence-electron chi connectivity index (χ2n) is 6.17. The number of carboxylic acid groups (broad SMARTS) is 1. The molecule has 5 nitrogen and oxygen atoms in total. The van der Waals surface area contributed by atoms with Crippen molar-refractivity contribution in [2.75, 3.05) is 26.7 Å². The molecule has 0 bridgehead atoms. The highest BCUT2D eigenvalue weighted by atomic mass is 16.4. The van der Waals surface area contributed by atoms with E-state index in [1.165, 1.54) is 32.1 Å². The van der Waals surface area contributed by atoms with Gasteiger partial charge in [0.15, 0.2) is 0 Å². The number of likely N-dealkylation sites (N-methyl/N-ethyl adjacent to an activating group) is 1. The van der Waals surface area contributed by atoms with Crippen LogP contribution in [0.1, 0.15) is 46.0 Å². The lowest BCUT2D eigenvalue weighted by Gasteiger charge is -2.30. The summed E-state index contributed by atoms with van der Waals surface area (Å²) in [4.78, 5) is 26.5. The number of nitrogens with zero attached hydrogens (tertiary/aromatic N) is 2. The Hall–Kier alpha value is -1.10. The van der Waals surface area contributed by atoms with Gasteiger partial charge in [0.2, 0.25) is 5.91 Å². The van der Waals surface area contributed by atoms with Crippen molar-refractivity contribution in [2.45, 2.75) is 52.0 Å². The molecule has 1 aliphatic rings. The van der Waals surface area contributed by atoms with Crippen LogP contribution in [0.25, 0.3) is 0 Å². The zero-order valence-electron chi connectivity index (χ0n) is 13.0. The van der Waals surface area contributed by atoms with Crippen LogP contribution in [0.5, 0.6) is 0 Å². The quantitative estimate of drug-likeness (QED) is 0.774. The molecule has 116 valence electrons. The zero-order valence-corrected chi connectivity index (χ0v) is 13.0. The van der Waals surface area contributed by atoms with Gasteiger partial charge in [0.25, 0.3) is 0 Å². The van der Waals surface area contributed by atoms with Crippen LogP contribution >= 0.6 is 0 Å². The van der Waals surface area contributed by atoms with E-state index in [1.807, 2.05) is 20.9 Å². The highest BCUT2D eigenvalue weighted by molar-refractivity contribution is 5.79. The number of hydrogen-bond acceptors (Lipinski definition) is 3. The first-order valence-corrected chi connectivity index (χ1v) is 7.60. The lowest BCUT2D eigenvalue weighted by atomic mass is 9.89. The van der Waals surface area contributed by atoms with E-state index >= 15 is 0 Å². The van der Waals surface area contributed by atoms with Crippen molar-refractivity contribution < 1.29 is 14.7 Å². The molecule has 0 aromatic rings. The van der Waals surface area contributed by atoms with Crippen molar-refractivity contribution in [3.05, 3.63) is 0 Å². The third-order valence-electron chi connectivity index (χ3n) is 4.09. The van der Waals surface area contributed by atoms with Gasteiger partial charge in [0.1, 0.15) is 0 Å². The van der Waals surface area contributed by atoms with Gasteiger partial charge >= 0.3 is 5.97 Å². The number of carboxylic acids is 1. The van der Waals surface area contributed by atoms with Crippen LogP contribution in [0.2, 0.25) is 0 Å². The zero-order chi connectivity index (χ0) is 15.1. The summed E-state index contributed by atoms with van der Waals surface area (Å²) in [5.74, 6) is -0.253. The monoisotopic (exact) mass is 284 g/mol. The van der Waals surface area contributed by atoms with E-state index in [9.17, 15) is 9.59 Å². The molecule has 5 heteroatoms. The Morgan fingerprint density at radius 1 is 1.15 bits per heavy atom. The molecular weight excluding hydrogens is 256 g/mol. The van der Waals surface area contributed by atoms with Gasteiger partial charge in [-0.25, -0.2) is 0 Å². The van der Waals surface area contributed by atoms with E-state index in [1.54, 1.807) is 9.80 Å². The maximum atomic E-state index is 12.2. The van der Waals surface area contributed by atoms with Gasteiger partial charge in [-0.05, 0) is 32.6 Å². The molecule has 1 saturated carbocycles. The molecule has 0 radical (unpaired) electrons. The molecule has 0 aromatic heterocycles. The summed E-state index contributed by atoms with van der Waals surface area (Å²) in [6.07, 6.45) is 6.27. The molecule has 1 fully saturated rings. The first kappa shape index (κ1) is 17.0. The van der Waals surface area contributed by atoms with E-state index in [-0.39, 0.29) is 25.0 Å². The SMILES string of the molecule is CC(C)N(CC(=O)O)CC(=O)N(C)CC1CCCCC1. The van der Waals surface area contributed by atoms with Crippen LogP contribution in [-0.4, -0.2) is 59.5 Å². The topological polar surface area (TPSA) is 60.9 Å². The fraction of sp³-hybridized carbons (Fsp3) is 0.867. The minimum Gasteiger partial charge on any atom is -0.480 e. The summed E-state index contributed by atoms with van der Waals surface area (Å²) in [6.45, 7) is 4.74. The number of carbonyl (C=O) groups excluding carboxylic acids is 1. The Morgan fingerprint density at radius 3 is 2.25 bits per heavy atom. The van der Waals surface area contributed by atoms with Gasteiger partial charge in [-0.3, -0.25) is 14.5 Å². The van der Waals surface area contributed by atoms with Crippen molar-refractivity contribution in [2.24, 2.45) is 5.92 Å². The minimum absolute atomic E-state index is 0.0190. The van der Waals surface area contributed by atoms with Crippen LogP contribution in [-0.2, 0) is 9.59 Å². The van der Waals surface area contributed by atoms with Gasteiger partial charge < -0.3 is 10.0 Å². The summed E-state index contributed by atoms with van der Waals surface area (Å²) in [7, 11) is 1.83. The van der Waals surface area contributed by atoms with Crippen molar-refractivity contribution in [3.63, 3.8) is 0 Å². The molecular formula is C15H28N2O3. The molecule has 0 aromatic carbocycles. The first-order chi connectivity index (χ1) is 9.40. The summed E-state index contributed by atoms with van der Waals surface area (Å²) in [6, 6.07) is 0.0538. The molecule has 0 heterocycles. The number of aliphatic carboxylic acids is 1. The molecule has 1 N–H and O–H groups in total. The van der Waals surface area contributed by atoms with Gasteiger partial charge in [-0.15, -0.1) is 0 Å². The van der Waals surface area contributed by atoms with Crippen molar-refractivity contribution in [1.29, 1.82) is 0 Å². The fourth-order valence-corrected chi connectivity index (χ4v) is 2.75. The minimum atomic E-state index is -0.888. The maximum Gasteiger partial charge on any atom is 0.317 e. The van der Waals surface area contributed by atoms with Gasteiger partial charge in [-0.2, -0.15) is 0 Å². The number of carbonyl (C=O) groups is 2. The second kappa shape index (κ2) is 8.25. The van der Waals surface area contributed by atoms with E-state index in [0.717, 1.165) is 6.54 Å². The predicted molar refractivity (Wildman–Crippen MR) is 78.6 cm³/mol. The standard InChI is InChI=1S/C15H28N2O3/c1-12(2)17(11-15(19)20)10-14(18)16(3)9-13-7-5-4-6-8-13/h12-13H,4-11H2,1-3H3,(H,19,20). The van der Waals surface area contributed by atoms with Crippen molar-refractivity contribution >= 4 is 11.9 Å². The van der Waals surface area contributed by atoms with Crippen molar-refractivity contribution in [3.8, 4) is 0 Å². The van der Waals surface area contributed by atoms with E-state index in [4.69, 9.17) is 5.11 Å². The third kappa shape index (κ3) is 5.90. The normalized spacial score (nSPS) is 16.6. The Morgan fingerprint density at radius 2 is 1.75 bits per heavy atom. The molecule has 1 rings (SSSR count). The van der Waals surface area contributed by atoms with Gasteiger partial charge in [0.05, 0.1) is 13.1 Å². The lowest BCUT2D eigenvalue weighted by Crippen LogP contribution is -2.45. The average Bonchev–Trinajstić information content (AvgIpc) is 2.38. The molecule has 0 atom stereocenters. The third-order valence-corrected chi connectivity index (χ3v) is 4.09. The Kier molecular flexibility index (Phi) is 6.99. The van der Waals surface area contributed by atoms with Crippen molar-refractivity contribution in [1.82, 2.24) is 9.80 Å². The number of rotatable bonds is 7. The van der Waals surface area contributed by atoms with E-state index in [0.29, 0.717) is 5.92 Å². The Balaban J connectivity index is 2.43. The molecule has 1 aliphatic carbocycles. The summed E-state index contributed by atoms with van der Waals surface area (Å²) in [5.41, 5.74) is 0. The summed E-state index contributed by atoms with van der Waals surface area (Å²) < 4.78 is 0. The van der Waals surface area contributed by atoms with Crippen LogP contribution in [0.15, 0.2) is 0 Å². The van der Waals surface area contributed by atoms with Crippen LogP contribution in [0.4, 0.5) is 0 Å². The molecule has 0 saturated heterocycles. The maximum absolute atomic E-state index is 12.2. The fourth-order valence-electron chi connectivity index (χ4n) is 2.75. The van der Waals surface area contributed by atoms with Crippen LogP contribution in [0, 0.1) is 5.92 Å². The largest absolute Gasteiger partial charge is 0.480 e. The number of amides is 1. The summed E-state index contributed by atoms with van der Waals surface area (Å²) >= 11 is 0. The molecule has 20 heavy (non-hydrogen) atoms. The van der Waals surface area contributed by atoms with Gasteiger partial charge in [-0.1, -0.05) is 19.3 Å². The van der Waals surface area contributed by atoms with E-state index in [2.05, 4.69) is 0 Å². The van der Waals surface area contributed by atoms with Gasteiger partial charge in [0, 0.05) is 19.6 Å². The number of hydrogen-bond donors (Lipinski definition) is 1. The molecule has 1 amide bonds. The average molecular weight is 284 g/mol. The smallest absolute Gasteiger partial charge is 0.317 e. The Bertz CT molecular complexity index is 325. The summed E-state index contributed by atoms with van der Waals surface area (Å²) in [5, 5.41) is 8.88. The molecule has 0 unspecified atom stereocenters.